The van der Waals surface area contributed by atoms with Gasteiger partial charge in [0.25, 0.3) is 0 Å². The Bertz CT molecular complexity index is 983. The lowest BCUT2D eigenvalue weighted by Crippen LogP contribution is -2.34. The molecule has 0 spiro atoms. The number of rotatable bonds is 13. The molecule has 3 rings (SSSR count). The van der Waals surface area contributed by atoms with Crippen molar-refractivity contribution in [2.75, 3.05) is 19.6 Å². The molecule has 1 saturated carbocycles. The Labute approximate surface area is 202 Å². The average molecular weight is 467 g/mol. The zero-order valence-electron chi connectivity index (χ0n) is 20.0. The van der Waals surface area contributed by atoms with E-state index in [2.05, 4.69) is 22.1 Å². The third kappa shape index (κ3) is 7.31. The number of nitrogens with one attached hydrogen (secondary N) is 1. The van der Waals surface area contributed by atoms with Crippen LogP contribution in [0.5, 0.6) is 11.6 Å². The van der Waals surface area contributed by atoms with Crippen LogP contribution < -0.4 is 27.3 Å². The van der Waals surface area contributed by atoms with Gasteiger partial charge in [0.15, 0.2) is 0 Å². The summed E-state index contributed by atoms with van der Waals surface area (Å²) >= 11 is 0. The van der Waals surface area contributed by atoms with Crippen molar-refractivity contribution in [2.45, 2.75) is 51.7 Å². The number of hydrogen-bond acceptors (Lipinski definition) is 8. The lowest BCUT2D eigenvalue weighted by atomic mass is 9.96. The summed E-state index contributed by atoms with van der Waals surface area (Å²) in [4.78, 5) is 6.45. The molecule has 0 saturated heterocycles. The summed E-state index contributed by atoms with van der Waals surface area (Å²) in [5, 5.41) is 13.7. The molecule has 8 nitrogen and oxygen atoms in total. The maximum absolute atomic E-state index is 10.2. The maximum atomic E-state index is 10.2. The molecule has 0 bridgehead atoms. The third-order valence-electron chi connectivity index (χ3n) is 5.92. The van der Waals surface area contributed by atoms with E-state index in [1.807, 2.05) is 18.2 Å². The van der Waals surface area contributed by atoms with Gasteiger partial charge >= 0.3 is 0 Å². The van der Waals surface area contributed by atoms with Crippen LogP contribution in [-0.2, 0) is 6.54 Å². The molecule has 8 heteroatoms. The monoisotopic (exact) mass is 466 g/mol. The van der Waals surface area contributed by atoms with Crippen molar-refractivity contribution < 1.29 is 9.84 Å². The second-order valence-electron chi connectivity index (χ2n) is 8.66. The predicted octanol–water partition coefficient (Wildman–Crippen LogP) is 3.00. The molecule has 1 aromatic carbocycles. The van der Waals surface area contributed by atoms with E-state index in [-0.39, 0.29) is 17.7 Å². The molecule has 0 radical (unpaired) electrons. The quantitative estimate of drug-likeness (QED) is 0.225. The van der Waals surface area contributed by atoms with Crippen molar-refractivity contribution in [3.8, 4) is 11.6 Å². The van der Waals surface area contributed by atoms with Crippen LogP contribution in [-0.4, -0.2) is 40.7 Å². The minimum absolute atomic E-state index is 0.103. The van der Waals surface area contributed by atoms with Crippen LogP contribution in [0.4, 0.5) is 0 Å². The van der Waals surface area contributed by atoms with E-state index >= 15 is 0 Å². The number of hydrogen-bond donors (Lipinski definition) is 5. The van der Waals surface area contributed by atoms with Gasteiger partial charge in [0, 0.05) is 43.2 Å². The second kappa shape index (κ2) is 12.7. The summed E-state index contributed by atoms with van der Waals surface area (Å²) in [6.45, 7) is 5.10. The summed E-state index contributed by atoms with van der Waals surface area (Å²) in [5.74, 6) is 0.900. The van der Waals surface area contributed by atoms with Crippen molar-refractivity contribution in [3.63, 3.8) is 0 Å². The van der Waals surface area contributed by atoms with E-state index in [1.54, 1.807) is 30.5 Å². The molecule has 1 heterocycles. The largest absolute Gasteiger partial charge is 0.507 e. The molecule has 0 amide bonds. The number of benzene rings is 1. The van der Waals surface area contributed by atoms with Gasteiger partial charge in [-0.1, -0.05) is 25.5 Å². The summed E-state index contributed by atoms with van der Waals surface area (Å²) in [5.41, 5.74) is 21.1. The number of aromatic nitrogens is 1. The molecule has 34 heavy (non-hydrogen) atoms. The Morgan fingerprint density at radius 2 is 2.00 bits per heavy atom. The predicted molar refractivity (Wildman–Crippen MR) is 136 cm³/mol. The zero-order chi connectivity index (χ0) is 24.3. The van der Waals surface area contributed by atoms with Gasteiger partial charge in [-0.25, -0.2) is 4.98 Å². The first-order valence-electron chi connectivity index (χ1n) is 12.1. The molecule has 0 unspecified atom stereocenters. The Hall–Kier alpha value is -3.39. The smallest absolute Gasteiger partial charge is 0.213 e. The first kappa shape index (κ1) is 25.2. The standard InChI is InChI=1S/C26H38N6O2/c1-2-3-12-30-14-15-32(18-19-11-13-31-25(16-19)34-20-7-6-8-20)23(26(28)29)17-22(27)21-9-4-5-10-24(21)33/h4-5,9-11,13,16-17,20,30,33H,2-3,6-8,12,14-15,18,27-29H2,1H3/b22-17-. The second-order valence-corrected chi connectivity index (χ2v) is 8.66. The fraction of sp³-hybridized carbons (Fsp3) is 0.423. The molecule has 0 aliphatic heterocycles. The molecule has 184 valence electrons. The molecular weight excluding hydrogens is 428 g/mol. The molecule has 0 atom stereocenters. The highest BCUT2D eigenvalue weighted by atomic mass is 16.5. The Morgan fingerprint density at radius 1 is 1.21 bits per heavy atom. The van der Waals surface area contributed by atoms with Gasteiger partial charge < -0.3 is 37.3 Å². The molecule has 1 aliphatic carbocycles. The Morgan fingerprint density at radius 3 is 2.68 bits per heavy atom. The lowest BCUT2D eigenvalue weighted by Gasteiger charge is -2.28. The number of ether oxygens (including phenoxy) is 1. The van der Waals surface area contributed by atoms with Crippen LogP contribution in [0.1, 0.15) is 50.2 Å². The topological polar surface area (TPSA) is 136 Å². The average Bonchev–Trinajstić information content (AvgIpc) is 2.79. The van der Waals surface area contributed by atoms with Gasteiger partial charge in [-0.15, -0.1) is 0 Å². The fourth-order valence-electron chi connectivity index (χ4n) is 3.72. The number of phenols is 1. The normalized spacial score (nSPS) is 13.9. The molecule has 1 aromatic heterocycles. The minimum Gasteiger partial charge on any atom is -0.507 e. The van der Waals surface area contributed by atoms with Gasteiger partial charge in [-0.05, 0) is 62.1 Å². The molecule has 1 aliphatic rings. The highest BCUT2D eigenvalue weighted by Crippen LogP contribution is 2.26. The summed E-state index contributed by atoms with van der Waals surface area (Å²) in [6.07, 6.45) is 9.37. The van der Waals surface area contributed by atoms with Crippen molar-refractivity contribution >= 4 is 5.70 Å². The number of para-hydroxylation sites is 1. The number of unbranched alkanes of at least 4 members (excludes halogenated alkanes) is 1. The lowest BCUT2D eigenvalue weighted by molar-refractivity contribution is 0.114. The Kier molecular flexibility index (Phi) is 9.46. The Balaban J connectivity index is 1.82. The van der Waals surface area contributed by atoms with E-state index in [0.717, 1.165) is 44.3 Å². The molecule has 8 N–H and O–H groups in total. The van der Waals surface area contributed by atoms with Crippen molar-refractivity contribution in [2.24, 2.45) is 17.2 Å². The van der Waals surface area contributed by atoms with Crippen molar-refractivity contribution in [1.82, 2.24) is 15.2 Å². The minimum atomic E-state index is 0.103. The number of aromatic hydroxyl groups is 1. The maximum Gasteiger partial charge on any atom is 0.213 e. The van der Waals surface area contributed by atoms with E-state index in [4.69, 9.17) is 21.9 Å². The number of pyridine rings is 1. The highest BCUT2D eigenvalue weighted by molar-refractivity contribution is 5.69. The molecule has 1 fully saturated rings. The molecule has 2 aromatic rings. The van der Waals surface area contributed by atoms with E-state index in [0.29, 0.717) is 35.9 Å². The van der Waals surface area contributed by atoms with Gasteiger partial charge in [0.2, 0.25) is 5.88 Å². The van der Waals surface area contributed by atoms with Crippen LogP contribution in [0.15, 0.2) is 60.2 Å². The number of allylic oxidation sites excluding steroid dienone is 1. The first-order chi connectivity index (χ1) is 16.5. The zero-order valence-corrected chi connectivity index (χ0v) is 20.0. The van der Waals surface area contributed by atoms with Gasteiger partial charge in [-0.3, -0.25) is 0 Å². The van der Waals surface area contributed by atoms with Crippen LogP contribution in [0.2, 0.25) is 0 Å². The van der Waals surface area contributed by atoms with Crippen LogP contribution in [0, 0.1) is 0 Å². The number of nitrogens with two attached hydrogens (primary N) is 3. The third-order valence-corrected chi connectivity index (χ3v) is 5.92. The van der Waals surface area contributed by atoms with E-state index in [1.165, 1.54) is 6.42 Å². The van der Waals surface area contributed by atoms with Crippen LogP contribution in [0.3, 0.4) is 0 Å². The SMILES string of the molecule is CCCCNCCN(Cc1ccnc(OC2CCC2)c1)C(/C=C(\N)c1ccccc1O)=C(N)N. The van der Waals surface area contributed by atoms with Gasteiger partial charge in [0.05, 0.1) is 5.70 Å². The molecular formula is C26H38N6O2. The fourth-order valence-corrected chi connectivity index (χ4v) is 3.72. The first-order valence-corrected chi connectivity index (χ1v) is 12.1. The summed E-state index contributed by atoms with van der Waals surface area (Å²) in [6, 6.07) is 10.9. The number of nitrogens with zero attached hydrogens (tertiary/aromatic N) is 2. The van der Waals surface area contributed by atoms with Crippen LogP contribution in [0.25, 0.3) is 5.70 Å². The highest BCUT2D eigenvalue weighted by Gasteiger charge is 2.20. The van der Waals surface area contributed by atoms with Gasteiger partial charge in [0.1, 0.15) is 17.7 Å². The summed E-state index contributed by atoms with van der Waals surface area (Å²) in [7, 11) is 0. The van der Waals surface area contributed by atoms with E-state index < -0.39 is 0 Å². The van der Waals surface area contributed by atoms with Crippen molar-refractivity contribution in [3.05, 3.63) is 71.3 Å². The van der Waals surface area contributed by atoms with Gasteiger partial charge in [-0.2, -0.15) is 0 Å². The van der Waals surface area contributed by atoms with E-state index in [9.17, 15) is 5.11 Å². The summed E-state index contributed by atoms with van der Waals surface area (Å²) < 4.78 is 5.98. The van der Waals surface area contributed by atoms with Crippen molar-refractivity contribution in [1.29, 1.82) is 0 Å². The van der Waals surface area contributed by atoms with Crippen LogP contribution >= 0.6 is 0 Å². The number of phenolic OH excluding ortho intramolecular Hbond substituents is 1.